The van der Waals surface area contributed by atoms with Gasteiger partial charge in [-0.3, -0.25) is 0 Å². The normalized spacial score (nSPS) is 60.4. The van der Waals surface area contributed by atoms with Crippen molar-refractivity contribution in [2.45, 2.75) is 65.1 Å². The number of rotatable bonds is 0. The molecule has 98 valence electrons. The Morgan fingerprint density at radius 3 is 2.41 bits per heavy atom. The van der Waals surface area contributed by atoms with E-state index >= 15 is 0 Å². The third-order valence-corrected chi connectivity index (χ3v) is 7.01. The summed E-state index contributed by atoms with van der Waals surface area (Å²) in [5.74, 6) is 1.58. The summed E-state index contributed by atoms with van der Waals surface area (Å²) in [6, 6.07) is 0. The molecule has 4 bridgehead atoms. The molecule has 6 atom stereocenters. The zero-order valence-corrected chi connectivity index (χ0v) is 11.5. The van der Waals surface area contributed by atoms with Crippen LogP contribution < -0.4 is 0 Å². The highest BCUT2D eigenvalue weighted by molar-refractivity contribution is 5.21. The molecule has 4 fully saturated rings. The summed E-state index contributed by atoms with van der Waals surface area (Å²) >= 11 is 0. The molecule has 0 spiro atoms. The first kappa shape index (κ1) is 12.0. The Morgan fingerprint density at radius 2 is 1.76 bits per heavy atom. The van der Waals surface area contributed by atoms with E-state index in [1.165, 1.54) is 0 Å². The quantitative estimate of drug-likeness (QED) is 0.681. The van der Waals surface area contributed by atoms with Crippen molar-refractivity contribution < 1.29 is 10.2 Å². The summed E-state index contributed by atoms with van der Waals surface area (Å²) in [7, 11) is 0. The second kappa shape index (κ2) is 3.08. The van der Waals surface area contributed by atoms with Crippen molar-refractivity contribution in [1.29, 1.82) is 0 Å². The van der Waals surface area contributed by atoms with Crippen LogP contribution in [-0.4, -0.2) is 21.9 Å². The fourth-order valence-corrected chi connectivity index (χ4v) is 5.82. The molecule has 0 aromatic heterocycles. The standard InChI is InChI=1S/C15H26O2/c1-9-5-6-15(17)13(2,3)11-7-10(9)14(15,4)8-12(11)16/h9-12,16-17H,5-8H2,1-4H3/t9-,10-,11-,12-,14+,15+/m0/s1. The molecule has 0 amide bonds. The van der Waals surface area contributed by atoms with Crippen LogP contribution in [0.4, 0.5) is 0 Å². The van der Waals surface area contributed by atoms with Gasteiger partial charge in [-0.1, -0.05) is 27.7 Å². The van der Waals surface area contributed by atoms with Crippen LogP contribution in [0.3, 0.4) is 0 Å². The fraction of sp³-hybridized carbons (Fsp3) is 1.00. The molecule has 4 aliphatic carbocycles. The van der Waals surface area contributed by atoms with Gasteiger partial charge in [-0.2, -0.15) is 0 Å². The number of fused-ring (bicyclic) bond motifs is 1. The van der Waals surface area contributed by atoms with Crippen LogP contribution in [0, 0.1) is 28.6 Å². The molecule has 2 heteroatoms. The molecular formula is C15H26O2. The lowest BCUT2D eigenvalue weighted by atomic mass is 9.35. The Hall–Kier alpha value is -0.0800. The Balaban J connectivity index is 2.14. The van der Waals surface area contributed by atoms with Gasteiger partial charge < -0.3 is 10.2 Å². The molecule has 0 aliphatic heterocycles. The molecule has 0 aromatic rings. The van der Waals surface area contributed by atoms with E-state index in [4.69, 9.17) is 0 Å². The topological polar surface area (TPSA) is 40.5 Å². The Morgan fingerprint density at radius 1 is 1.12 bits per heavy atom. The first-order valence-corrected chi connectivity index (χ1v) is 7.14. The average molecular weight is 238 g/mol. The van der Waals surface area contributed by atoms with Gasteiger partial charge in [0.05, 0.1) is 11.7 Å². The maximum atomic E-state index is 11.3. The number of aliphatic hydroxyl groups is 2. The van der Waals surface area contributed by atoms with Gasteiger partial charge in [0.1, 0.15) is 0 Å². The van der Waals surface area contributed by atoms with E-state index < -0.39 is 5.60 Å². The Labute approximate surface area is 104 Å². The summed E-state index contributed by atoms with van der Waals surface area (Å²) in [5, 5.41) is 21.6. The molecule has 0 aromatic carbocycles. The van der Waals surface area contributed by atoms with E-state index in [1.807, 2.05) is 0 Å². The van der Waals surface area contributed by atoms with E-state index in [1.54, 1.807) is 0 Å². The van der Waals surface area contributed by atoms with Crippen molar-refractivity contribution in [3.05, 3.63) is 0 Å². The lowest BCUT2D eigenvalue weighted by molar-refractivity contribution is -0.315. The molecule has 2 N–H and O–H groups in total. The maximum Gasteiger partial charge on any atom is 0.0759 e. The van der Waals surface area contributed by atoms with Crippen molar-refractivity contribution >= 4 is 0 Å². The molecular weight excluding hydrogens is 212 g/mol. The van der Waals surface area contributed by atoms with Gasteiger partial charge in [0.2, 0.25) is 0 Å². The Kier molecular flexibility index (Phi) is 2.17. The van der Waals surface area contributed by atoms with E-state index in [0.717, 1.165) is 25.7 Å². The Bertz CT molecular complexity index is 351. The minimum atomic E-state index is -0.570. The molecule has 0 radical (unpaired) electrons. The third kappa shape index (κ3) is 1.10. The smallest absolute Gasteiger partial charge is 0.0759 e. The minimum absolute atomic E-state index is 0.0810. The van der Waals surface area contributed by atoms with E-state index in [2.05, 4.69) is 27.7 Å². The summed E-state index contributed by atoms with van der Waals surface area (Å²) in [6.07, 6.45) is 3.75. The second-order valence-electron chi connectivity index (χ2n) is 7.74. The monoisotopic (exact) mass is 238 g/mol. The van der Waals surface area contributed by atoms with E-state index in [0.29, 0.717) is 11.8 Å². The van der Waals surface area contributed by atoms with Gasteiger partial charge in [-0.25, -0.2) is 0 Å². The lowest BCUT2D eigenvalue weighted by Gasteiger charge is -2.72. The molecule has 2 nitrogen and oxygen atoms in total. The zero-order chi connectivity index (χ0) is 12.6. The molecule has 4 aliphatic rings. The van der Waals surface area contributed by atoms with E-state index in [9.17, 15) is 10.2 Å². The molecule has 0 unspecified atom stereocenters. The summed E-state index contributed by atoms with van der Waals surface area (Å²) in [4.78, 5) is 0. The first-order chi connectivity index (χ1) is 7.74. The molecule has 0 saturated heterocycles. The summed E-state index contributed by atoms with van der Waals surface area (Å²) in [5.41, 5.74) is -0.794. The van der Waals surface area contributed by atoms with Crippen molar-refractivity contribution in [3.63, 3.8) is 0 Å². The highest BCUT2D eigenvalue weighted by Crippen LogP contribution is 2.71. The SMILES string of the molecule is C[C@H]1CC[C@@]2(O)C(C)(C)[C@H]3C[C@@H]1[C@@]2(C)C[C@@H]3O. The minimum Gasteiger partial charge on any atom is -0.393 e. The van der Waals surface area contributed by atoms with Gasteiger partial charge in [0.15, 0.2) is 0 Å². The van der Waals surface area contributed by atoms with Crippen LogP contribution in [0.15, 0.2) is 0 Å². The van der Waals surface area contributed by atoms with Crippen LogP contribution >= 0.6 is 0 Å². The first-order valence-electron chi connectivity index (χ1n) is 7.14. The van der Waals surface area contributed by atoms with Gasteiger partial charge in [0, 0.05) is 5.41 Å². The van der Waals surface area contributed by atoms with Gasteiger partial charge >= 0.3 is 0 Å². The van der Waals surface area contributed by atoms with E-state index in [-0.39, 0.29) is 22.9 Å². The van der Waals surface area contributed by atoms with Crippen molar-refractivity contribution in [2.75, 3.05) is 0 Å². The predicted octanol–water partition coefficient (Wildman–Crippen LogP) is 2.58. The maximum absolute atomic E-state index is 11.3. The average Bonchev–Trinajstić information content (AvgIpc) is 2.21. The molecule has 17 heavy (non-hydrogen) atoms. The predicted molar refractivity (Wildman–Crippen MR) is 67.5 cm³/mol. The summed E-state index contributed by atoms with van der Waals surface area (Å²) in [6.45, 7) is 8.90. The van der Waals surface area contributed by atoms with Crippen LogP contribution in [0.2, 0.25) is 0 Å². The highest BCUT2D eigenvalue weighted by Gasteiger charge is 2.72. The largest absolute Gasteiger partial charge is 0.393 e. The van der Waals surface area contributed by atoms with Crippen molar-refractivity contribution in [1.82, 2.24) is 0 Å². The van der Waals surface area contributed by atoms with Crippen molar-refractivity contribution in [3.8, 4) is 0 Å². The lowest BCUT2D eigenvalue weighted by Crippen LogP contribution is -2.74. The van der Waals surface area contributed by atoms with Crippen LogP contribution in [0.1, 0.15) is 53.4 Å². The number of hydrogen-bond acceptors (Lipinski definition) is 2. The van der Waals surface area contributed by atoms with Crippen LogP contribution in [0.5, 0.6) is 0 Å². The summed E-state index contributed by atoms with van der Waals surface area (Å²) < 4.78 is 0. The molecule has 4 rings (SSSR count). The zero-order valence-electron chi connectivity index (χ0n) is 11.5. The third-order valence-electron chi connectivity index (χ3n) is 7.01. The number of hydrogen-bond donors (Lipinski definition) is 2. The molecule has 4 saturated carbocycles. The van der Waals surface area contributed by atoms with Gasteiger partial charge in [-0.15, -0.1) is 0 Å². The van der Waals surface area contributed by atoms with Gasteiger partial charge in [-0.05, 0) is 48.9 Å². The number of aliphatic hydroxyl groups excluding tert-OH is 1. The fourth-order valence-electron chi connectivity index (χ4n) is 5.82. The van der Waals surface area contributed by atoms with Crippen LogP contribution in [-0.2, 0) is 0 Å². The van der Waals surface area contributed by atoms with Crippen molar-refractivity contribution in [2.24, 2.45) is 28.6 Å². The molecule has 0 heterocycles. The van der Waals surface area contributed by atoms with Gasteiger partial charge in [0.25, 0.3) is 0 Å². The highest BCUT2D eigenvalue weighted by atomic mass is 16.3. The van der Waals surface area contributed by atoms with Crippen LogP contribution in [0.25, 0.3) is 0 Å². The second-order valence-corrected chi connectivity index (χ2v) is 7.74.